The van der Waals surface area contributed by atoms with Crippen molar-refractivity contribution in [3.63, 3.8) is 0 Å². The van der Waals surface area contributed by atoms with Gasteiger partial charge in [0.2, 0.25) is 5.43 Å². The minimum absolute atomic E-state index is 0.119. The first kappa shape index (κ1) is 19.1. The van der Waals surface area contributed by atoms with E-state index in [1.54, 1.807) is 19.1 Å². The lowest BCUT2D eigenvalue weighted by atomic mass is 10.1. The molecule has 2 aliphatic heterocycles. The average molecular weight is 401 g/mol. The Morgan fingerprint density at radius 3 is 2.93 bits per heavy atom. The number of benzene rings is 1. The van der Waals surface area contributed by atoms with Crippen LogP contribution in [-0.4, -0.2) is 52.7 Å². The third kappa shape index (κ3) is 3.38. The van der Waals surface area contributed by atoms with Crippen molar-refractivity contribution >= 4 is 11.8 Å². The second kappa shape index (κ2) is 7.32. The Labute approximate surface area is 165 Å². The van der Waals surface area contributed by atoms with E-state index in [0.717, 1.165) is 5.56 Å². The first-order chi connectivity index (χ1) is 13.9. The topological polar surface area (TPSA) is 101 Å². The van der Waals surface area contributed by atoms with Crippen LogP contribution in [0.4, 0.5) is 4.39 Å². The van der Waals surface area contributed by atoms with Crippen molar-refractivity contribution in [1.82, 2.24) is 14.8 Å². The van der Waals surface area contributed by atoms with Gasteiger partial charge in [0.15, 0.2) is 11.4 Å². The Hall–Kier alpha value is -3.20. The molecule has 2 bridgehead atoms. The van der Waals surface area contributed by atoms with E-state index in [1.807, 2.05) is 0 Å². The molecule has 152 valence electrons. The minimum Gasteiger partial charge on any atom is -0.503 e. The summed E-state index contributed by atoms with van der Waals surface area (Å²) in [5.41, 5.74) is -0.372. The summed E-state index contributed by atoms with van der Waals surface area (Å²) in [5, 5.41) is 12.9. The fourth-order valence-electron chi connectivity index (χ4n) is 3.64. The highest BCUT2D eigenvalue weighted by Crippen LogP contribution is 2.28. The fraction of sp³-hybridized carbons (Fsp3) is 0.350. The lowest BCUT2D eigenvalue weighted by Crippen LogP contribution is -2.45. The highest BCUT2D eigenvalue weighted by atomic mass is 19.1. The van der Waals surface area contributed by atoms with Crippen molar-refractivity contribution in [1.29, 1.82) is 0 Å². The molecule has 1 aromatic heterocycles. The van der Waals surface area contributed by atoms with Gasteiger partial charge in [-0.15, -0.1) is 0 Å². The van der Waals surface area contributed by atoms with Crippen molar-refractivity contribution in [2.45, 2.75) is 19.5 Å². The van der Waals surface area contributed by atoms with Crippen LogP contribution in [0.15, 0.2) is 29.2 Å². The Morgan fingerprint density at radius 2 is 2.17 bits per heavy atom. The van der Waals surface area contributed by atoms with Gasteiger partial charge in [0, 0.05) is 31.4 Å². The van der Waals surface area contributed by atoms with Crippen molar-refractivity contribution in [2.24, 2.45) is 0 Å². The molecule has 1 atom stereocenters. The molecule has 2 amide bonds. The molecule has 0 saturated carbocycles. The number of hydrogen-bond acceptors (Lipinski definition) is 5. The van der Waals surface area contributed by atoms with Gasteiger partial charge in [-0.05, 0) is 18.6 Å². The van der Waals surface area contributed by atoms with Crippen LogP contribution in [0.3, 0.4) is 0 Å². The highest BCUT2D eigenvalue weighted by molar-refractivity contribution is 5.99. The summed E-state index contributed by atoms with van der Waals surface area (Å²) < 4.78 is 20.9. The van der Waals surface area contributed by atoms with Crippen LogP contribution in [0.5, 0.6) is 5.75 Å². The molecule has 1 unspecified atom stereocenters. The quantitative estimate of drug-likeness (QED) is 0.798. The van der Waals surface area contributed by atoms with Gasteiger partial charge in [0.1, 0.15) is 11.4 Å². The number of pyridine rings is 1. The highest BCUT2D eigenvalue weighted by Gasteiger charge is 2.36. The third-order valence-corrected chi connectivity index (χ3v) is 5.23. The van der Waals surface area contributed by atoms with E-state index in [2.05, 4.69) is 5.32 Å². The van der Waals surface area contributed by atoms with E-state index in [-0.39, 0.29) is 36.0 Å². The summed E-state index contributed by atoms with van der Waals surface area (Å²) in [4.78, 5) is 39.3. The van der Waals surface area contributed by atoms with Crippen LogP contribution >= 0.6 is 0 Å². The van der Waals surface area contributed by atoms with Crippen molar-refractivity contribution in [2.75, 3.05) is 26.3 Å². The maximum atomic E-state index is 14.0. The van der Waals surface area contributed by atoms with E-state index in [1.165, 1.54) is 21.7 Å². The van der Waals surface area contributed by atoms with Crippen LogP contribution in [0, 0.1) is 12.7 Å². The van der Waals surface area contributed by atoms with E-state index < -0.39 is 28.8 Å². The number of carbonyl (C=O) groups excluding carboxylic acids is 2. The largest absolute Gasteiger partial charge is 0.503 e. The molecule has 0 aliphatic carbocycles. The average Bonchev–Trinajstić information content (AvgIpc) is 2.91. The number of aryl methyl sites for hydroxylation is 1. The summed E-state index contributed by atoms with van der Waals surface area (Å²) in [7, 11) is 0. The molecule has 2 aliphatic rings. The first-order valence-electron chi connectivity index (χ1n) is 9.25. The first-order valence-corrected chi connectivity index (χ1v) is 9.25. The molecule has 1 fully saturated rings. The zero-order valence-corrected chi connectivity index (χ0v) is 15.8. The van der Waals surface area contributed by atoms with Crippen LogP contribution in [0.2, 0.25) is 0 Å². The Morgan fingerprint density at radius 1 is 1.38 bits per heavy atom. The van der Waals surface area contributed by atoms with Crippen LogP contribution in [0.1, 0.15) is 38.0 Å². The lowest BCUT2D eigenvalue weighted by molar-refractivity contribution is 0.0685. The lowest BCUT2D eigenvalue weighted by Gasteiger charge is -2.33. The predicted molar refractivity (Wildman–Crippen MR) is 100 cm³/mol. The van der Waals surface area contributed by atoms with E-state index in [0.29, 0.717) is 19.7 Å². The van der Waals surface area contributed by atoms with Crippen LogP contribution < -0.4 is 10.7 Å². The molecule has 1 aromatic carbocycles. The van der Waals surface area contributed by atoms with E-state index >= 15 is 0 Å². The number of carbonyl (C=O) groups is 2. The number of rotatable bonds is 3. The molecule has 29 heavy (non-hydrogen) atoms. The molecular weight excluding hydrogens is 381 g/mol. The predicted octanol–water partition coefficient (Wildman–Crippen LogP) is 0.959. The van der Waals surface area contributed by atoms with Crippen molar-refractivity contribution < 1.29 is 23.8 Å². The smallest absolute Gasteiger partial charge is 0.274 e. The molecule has 0 radical (unpaired) electrons. The number of ether oxygens (including phenoxy) is 1. The summed E-state index contributed by atoms with van der Waals surface area (Å²) in [6.45, 7) is 3.01. The SMILES string of the molecule is Cc1ccc(CNC(=O)c2cn3c(c(O)c2=O)C(=O)N2CCOCC3C2)c(F)c1. The normalized spacial score (nSPS) is 18.2. The van der Waals surface area contributed by atoms with Gasteiger partial charge in [0.05, 0.1) is 19.3 Å². The Balaban J connectivity index is 1.66. The van der Waals surface area contributed by atoms with Gasteiger partial charge < -0.3 is 24.6 Å². The molecule has 4 rings (SSSR count). The summed E-state index contributed by atoms with van der Waals surface area (Å²) >= 11 is 0. The maximum Gasteiger partial charge on any atom is 0.274 e. The standard InChI is InChI=1S/C20H20FN3O5/c1-11-2-3-12(15(21)6-11)7-22-19(27)14-9-24-13-8-23(4-5-29-10-13)20(28)16(24)18(26)17(14)25/h2-3,6,9,13,26H,4-5,7-8,10H2,1H3,(H,22,27). The zero-order valence-electron chi connectivity index (χ0n) is 15.8. The number of aromatic hydroxyl groups is 1. The number of amides is 2. The zero-order chi connectivity index (χ0) is 20.7. The molecule has 8 nitrogen and oxygen atoms in total. The third-order valence-electron chi connectivity index (χ3n) is 5.23. The summed E-state index contributed by atoms with van der Waals surface area (Å²) in [5.74, 6) is -2.46. The second-order valence-electron chi connectivity index (χ2n) is 7.23. The Kier molecular flexibility index (Phi) is 4.83. The van der Waals surface area contributed by atoms with Gasteiger partial charge in [-0.1, -0.05) is 12.1 Å². The van der Waals surface area contributed by atoms with Crippen molar-refractivity contribution in [3.05, 3.63) is 62.8 Å². The Bertz CT molecular complexity index is 1060. The summed E-state index contributed by atoms with van der Waals surface area (Å²) in [6.07, 6.45) is 1.27. The maximum absolute atomic E-state index is 14.0. The molecular formula is C20H20FN3O5. The molecule has 2 aromatic rings. The number of fused-ring (bicyclic) bond motifs is 4. The van der Waals surface area contributed by atoms with Crippen LogP contribution in [0.25, 0.3) is 0 Å². The number of halogens is 1. The molecule has 1 saturated heterocycles. The van der Waals surface area contributed by atoms with Crippen molar-refractivity contribution in [3.8, 4) is 5.75 Å². The van der Waals surface area contributed by atoms with Gasteiger partial charge >= 0.3 is 0 Å². The van der Waals surface area contributed by atoms with E-state index in [9.17, 15) is 23.9 Å². The molecule has 0 spiro atoms. The van der Waals surface area contributed by atoms with E-state index in [4.69, 9.17) is 4.74 Å². The van der Waals surface area contributed by atoms with Crippen LogP contribution in [-0.2, 0) is 11.3 Å². The van der Waals surface area contributed by atoms with Gasteiger partial charge in [0.25, 0.3) is 11.8 Å². The van der Waals surface area contributed by atoms with Gasteiger partial charge in [-0.25, -0.2) is 4.39 Å². The minimum atomic E-state index is -0.938. The van der Waals surface area contributed by atoms with Gasteiger partial charge in [-0.2, -0.15) is 0 Å². The number of hydrogen-bond donors (Lipinski definition) is 2. The number of nitrogens with zero attached hydrogens (tertiary/aromatic N) is 2. The molecule has 2 N–H and O–H groups in total. The second-order valence-corrected chi connectivity index (χ2v) is 7.23. The summed E-state index contributed by atoms with van der Waals surface area (Å²) in [6, 6.07) is 4.30. The molecule has 9 heteroatoms. The molecule has 3 heterocycles. The van der Waals surface area contributed by atoms with Gasteiger partial charge in [-0.3, -0.25) is 14.4 Å². The monoisotopic (exact) mass is 401 g/mol. The fourth-order valence-corrected chi connectivity index (χ4v) is 3.64. The number of nitrogens with one attached hydrogen (secondary N) is 1. The number of aromatic nitrogens is 1.